The molecular formula is C15H20N2O4. The number of rotatable bonds is 6. The van der Waals surface area contributed by atoms with Crippen LogP contribution in [0.15, 0.2) is 24.3 Å². The zero-order valence-corrected chi connectivity index (χ0v) is 12.3. The summed E-state index contributed by atoms with van der Waals surface area (Å²) in [4.78, 5) is 25.7. The molecule has 1 atom stereocenters. The number of carbonyl (C=O) groups excluding carboxylic acids is 2. The number of carbonyl (C=O) groups is 2. The lowest BCUT2D eigenvalue weighted by Crippen LogP contribution is -2.40. The van der Waals surface area contributed by atoms with Crippen LogP contribution >= 0.6 is 0 Å². The van der Waals surface area contributed by atoms with Crippen LogP contribution in [0.4, 0.5) is 4.79 Å². The van der Waals surface area contributed by atoms with Crippen molar-refractivity contribution in [2.45, 2.75) is 19.4 Å². The Labute approximate surface area is 123 Å². The second kappa shape index (κ2) is 6.58. The molecule has 1 fully saturated rings. The predicted octanol–water partition coefficient (Wildman–Crippen LogP) is 0.883. The zero-order valence-electron chi connectivity index (χ0n) is 12.3. The van der Waals surface area contributed by atoms with Crippen LogP contribution in [-0.4, -0.2) is 59.7 Å². The maximum Gasteiger partial charge on any atom is 0.327 e. The molecule has 1 aliphatic heterocycles. The highest BCUT2D eigenvalue weighted by molar-refractivity contribution is 6.01. The van der Waals surface area contributed by atoms with Gasteiger partial charge in [-0.2, -0.15) is 0 Å². The van der Waals surface area contributed by atoms with Crippen molar-refractivity contribution in [2.24, 2.45) is 0 Å². The van der Waals surface area contributed by atoms with E-state index in [0.29, 0.717) is 5.75 Å². The minimum Gasteiger partial charge on any atom is -0.491 e. The molecule has 1 aliphatic rings. The molecule has 114 valence electrons. The van der Waals surface area contributed by atoms with Crippen molar-refractivity contribution >= 4 is 11.9 Å². The number of hydrogen-bond donors (Lipinski definition) is 1. The molecule has 0 unspecified atom stereocenters. The van der Waals surface area contributed by atoms with Crippen LogP contribution in [0.5, 0.6) is 5.75 Å². The fraction of sp³-hybridized carbons (Fsp3) is 0.467. The molecular weight excluding hydrogens is 272 g/mol. The molecule has 0 saturated carbocycles. The highest BCUT2D eigenvalue weighted by Gasteiger charge is 2.34. The third kappa shape index (κ3) is 3.72. The maximum atomic E-state index is 11.7. The van der Waals surface area contributed by atoms with Crippen molar-refractivity contribution in [1.82, 2.24) is 9.80 Å². The van der Waals surface area contributed by atoms with Gasteiger partial charge in [0.25, 0.3) is 0 Å². The molecule has 0 aliphatic carbocycles. The monoisotopic (exact) mass is 292 g/mol. The molecule has 21 heavy (non-hydrogen) atoms. The largest absolute Gasteiger partial charge is 0.491 e. The number of aryl methyl sites for hydroxylation is 1. The molecule has 1 N–H and O–H groups in total. The van der Waals surface area contributed by atoms with Crippen molar-refractivity contribution < 1.29 is 19.4 Å². The summed E-state index contributed by atoms with van der Waals surface area (Å²) >= 11 is 0. The van der Waals surface area contributed by atoms with Crippen molar-refractivity contribution in [3.05, 3.63) is 29.8 Å². The van der Waals surface area contributed by atoms with Crippen molar-refractivity contribution in [3.63, 3.8) is 0 Å². The Morgan fingerprint density at radius 3 is 2.76 bits per heavy atom. The fourth-order valence-electron chi connectivity index (χ4n) is 2.16. The molecule has 6 heteroatoms. The lowest BCUT2D eigenvalue weighted by atomic mass is 10.2. The number of urea groups is 1. The molecule has 0 spiro atoms. The van der Waals surface area contributed by atoms with Gasteiger partial charge < -0.3 is 14.7 Å². The Morgan fingerprint density at radius 1 is 1.38 bits per heavy atom. The van der Waals surface area contributed by atoms with Gasteiger partial charge in [-0.15, -0.1) is 0 Å². The maximum absolute atomic E-state index is 11.7. The highest BCUT2D eigenvalue weighted by Crippen LogP contribution is 2.14. The van der Waals surface area contributed by atoms with E-state index in [9.17, 15) is 14.7 Å². The lowest BCUT2D eigenvalue weighted by Gasteiger charge is -2.18. The van der Waals surface area contributed by atoms with Gasteiger partial charge in [-0.25, -0.2) is 4.79 Å². The van der Waals surface area contributed by atoms with E-state index in [1.807, 2.05) is 24.3 Å². The molecule has 0 bridgehead atoms. The van der Waals surface area contributed by atoms with Crippen LogP contribution in [-0.2, 0) is 11.2 Å². The number of ether oxygens (including phenoxy) is 1. The Balaban J connectivity index is 1.86. The van der Waals surface area contributed by atoms with Crippen LogP contribution in [0.1, 0.15) is 12.5 Å². The number of aliphatic hydroxyl groups excluding tert-OH is 1. The minimum absolute atomic E-state index is 0.0357. The Morgan fingerprint density at radius 2 is 2.14 bits per heavy atom. The summed E-state index contributed by atoms with van der Waals surface area (Å²) in [6, 6.07) is 7.23. The average Bonchev–Trinajstić information content (AvgIpc) is 2.72. The molecule has 1 aromatic rings. The fourth-order valence-corrected chi connectivity index (χ4v) is 2.16. The molecule has 3 amide bonds. The van der Waals surface area contributed by atoms with Crippen molar-refractivity contribution in [1.29, 1.82) is 0 Å². The van der Waals surface area contributed by atoms with Crippen molar-refractivity contribution in [3.8, 4) is 5.75 Å². The zero-order chi connectivity index (χ0) is 15.4. The van der Waals surface area contributed by atoms with Gasteiger partial charge in [-0.1, -0.05) is 19.1 Å². The summed E-state index contributed by atoms with van der Waals surface area (Å²) in [5.74, 6) is 0.374. The van der Waals surface area contributed by atoms with Gasteiger partial charge in [0.2, 0.25) is 5.91 Å². The number of nitrogens with zero attached hydrogens (tertiary/aromatic N) is 2. The third-order valence-corrected chi connectivity index (χ3v) is 3.37. The first-order chi connectivity index (χ1) is 10.0. The summed E-state index contributed by atoms with van der Waals surface area (Å²) in [5.41, 5.74) is 1.15. The van der Waals surface area contributed by atoms with Crippen LogP contribution in [0.25, 0.3) is 0 Å². The van der Waals surface area contributed by atoms with E-state index >= 15 is 0 Å². The first-order valence-electron chi connectivity index (χ1n) is 6.96. The second-order valence-electron chi connectivity index (χ2n) is 5.11. The molecule has 1 heterocycles. The van der Waals surface area contributed by atoms with Gasteiger partial charge in [0.15, 0.2) is 0 Å². The van der Waals surface area contributed by atoms with E-state index in [-0.39, 0.29) is 31.6 Å². The molecule has 1 aromatic carbocycles. The van der Waals surface area contributed by atoms with Gasteiger partial charge in [0.1, 0.15) is 25.0 Å². The summed E-state index contributed by atoms with van der Waals surface area (Å²) in [6.07, 6.45) is -0.00208. The van der Waals surface area contributed by atoms with E-state index in [4.69, 9.17) is 4.74 Å². The number of hydrogen-bond acceptors (Lipinski definition) is 4. The SMILES string of the molecule is CCc1cccc(OC[C@@H](O)CN2C(=O)CN(C)C2=O)c1. The topological polar surface area (TPSA) is 70.1 Å². The smallest absolute Gasteiger partial charge is 0.327 e. The van der Waals surface area contributed by atoms with E-state index in [1.54, 1.807) is 7.05 Å². The van der Waals surface area contributed by atoms with Crippen molar-refractivity contribution in [2.75, 3.05) is 26.7 Å². The molecule has 0 radical (unpaired) electrons. The summed E-state index contributed by atoms with van der Waals surface area (Å²) in [6.45, 7) is 2.10. The van der Waals surface area contributed by atoms with Crippen LogP contribution < -0.4 is 4.74 Å². The standard InChI is InChI=1S/C15H20N2O4/c1-3-11-5-4-6-13(7-11)21-10-12(18)8-17-14(19)9-16(2)15(17)20/h4-7,12,18H,3,8-10H2,1-2H3/t12-/m0/s1. The van der Waals surface area contributed by atoms with Gasteiger partial charge >= 0.3 is 6.03 Å². The van der Waals surface area contributed by atoms with Crippen LogP contribution in [0.3, 0.4) is 0 Å². The predicted molar refractivity (Wildman–Crippen MR) is 77.1 cm³/mol. The molecule has 6 nitrogen and oxygen atoms in total. The number of amides is 3. The molecule has 1 saturated heterocycles. The van der Waals surface area contributed by atoms with Crippen LogP contribution in [0, 0.1) is 0 Å². The molecule has 2 rings (SSSR count). The number of β-amino-alcohol motifs (C(OH)–C–C–N with tert-alkyl or cyclic N) is 1. The summed E-state index contributed by atoms with van der Waals surface area (Å²) < 4.78 is 5.51. The lowest BCUT2D eigenvalue weighted by molar-refractivity contribution is -0.126. The quantitative estimate of drug-likeness (QED) is 0.790. The van der Waals surface area contributed by atoms with E-state index in [0.717, 1.165) is 16.9 Å². The molecule has 0 aromatic heterocycles. The minimum atomic E-state index is -0.908. The van der Waals surface area contributed by atoms with Crippen LogP contribution in [0.2, 0.25) is 0 Å². The summed E-state index contributed by atoms with van der Waals surface area (Å²) in [5, 5.41) is 9.93. The third-order valence-electron chi connectivity index (χ3n) is 3.37. The van der Waals surface area contributed by atoms with Gasteiger partial charge in [0, 0.05) is 7.05 Å². The first kappa shape index (κ1) is 15.3. The average molecular weight is 292 g/mol. The first-order valence-corrected chi connectivity index (χ1v) is 6.96. The Kier molecular flexibility index (Phi) is 4.80. The Hall–Kier alpha value is -2.08. The van der Waals surface area contributed by atoms with E-state index < -0.39 is 6.10 Å². The second-order valence-corrected chi connectivity index (χ2v) is 5.11. The van der Waals surface area contributed by atoms with Gasteiger partial charge in [0.05, 0.1) is 6.54 Å². The van der Waals surface area contributed by atoms with E-state index in [1.165, 1.54) is 4.90 Å². The Bertz CT molecular complexity index is 532. The van der Waals surface area contributed by atoms with Gasteiger partial charge in [-0.3, -0.25) is 9.69 Å². The number of aliphatic hydroxyl groups is 1. The van der Waals surface area contributed by atoms with Gasteiger partial charge in [-0.05, 0) is 24.1 Å². The number of likely N-dealkylation sites (N-methyl/N-ethyl adjacent to an activating group) is 1. The van der Waals surface area contributed by atoms with E-state index in [2.05, 4.69) is 6.92 Å². The normalized spacial score (nSPS) is 16.5. The number of imide groups is 1. The summed E-state index contributed by atoms with van der Waals surface area (Å²) in [7, 11) is 1.55. The highest BCUT2D eigenvalue weighted by atomic mass is 16.5. The number of benzene rings is 1.